The number of esters is 1. The molecule has 0 fully saturated rings. The predicted molar refractivity (Wildman–Crippen MR) is 76.1 cm³/mol. The second kappa shape index (κ2) is 5.52. The fourth-order valence-corrected chi connectivity index (χ4v) is 2.36. The lowest BCUT2D eigenvalue weighted by Gasteiger charge is -2.04. The number of carbonyl (C=O) groups is 1. The van der Waals surface area contributed by atoms with Crippen LogP contribution in [-0.4, -0.2) is 41.4 Å². The van der Waals surface area contributed by atoms with Gasteiger partial charge in [-0.2, -0.15) is 9.19 Å². The Labute approximate surface area is 121 Å². The minimum atomic E-state index is -3.44. The summed E-state index contributed by atoms with van der Waals surface area (Å²) < 4.78 is 28.8. The molecule has 0 aliphatic rings. The van der Waals surface area contributed by atoms with Crippen LogP contribution in [0.2, 0.25) is 0 Å². The molecule has 0 bridgehead atoms. The van der Waals surface area contributed by atoms with Crippen molar-refractivity contribution in [3.05, 3.63) is 30.2 Å². The summed E-state index contributed by atoms with van der Waals surface area (Å²) >= 11 is 0. The van der Waals surface area contributed by atoms with Gasteiger partial charge < -0.3 is 10.5 Å². The fraction of sp³-hybridized carbons (Fsp3) is 0.250. The summed E-state index contributed by atoms with van der Waals surface area (Å²) in [5, 5.41) is 3.98. The molecule has 0 radical (unpaired) electrons. The quantitative estimate of drug-likeness (QED) is 0.817. The Balaban J connectivity index is 2.40. The Morgan fingerprint density at radius 3 is 2.76 bits per heavy atom. The number of nitrogen functional groups attached to an aromatic ring is 1. The highest BCUT2D eigenvalue weighted by molar-refractivity contribution is 7.89. The molecular weight excluding hydrogens is 296 g/mol. The van der Waals surface area contributed by atoms with Crippen molar-refractivity contribution in [2.45, 2.75) is 6.92 Å². The third kappa shape index (κ3) is 2.87. The van der Waals surface area contributed by atoms with Crippen molar-refractivity contribution in [3.8, 4) is 11.3 Å². The molecule has 112 valence electrons. The number of carbonyl (C=O) groups excluding carboxylic acids is 1. The van der Waals surface area contributed by atoms with Crippen molar-refractivity contribution >= 4 is 21.7 Å². The number of nitrogens with zero attached hydrogens (tertiary/aromatic N) is 3. The number of hydrogen-bond donors (Lipinski definition) is 1. The number of rotatable bonds is 4. The van der Waals surface area contributed by atoms with Gasteiger partial charge in [0.05, 0.1) is 24.2 Å². The van der Waals surface area contributed by atoms with E-state index in [1.54, 1.807) is 0 Å². The standard InChI is InChI=1S/C12H14N4O4S/c1-3-21(18,19)16-5-4-10(15-16)8-6-9(13)11(14-7-8)12(17)20-2/h4-7H,3,13H2,1-2H3. The molecule has 0 aliphatic heterocycles. The maximum absolute atomic E-state index is 11.7. The van der Waals surface area contributed by atoms with Crippen LogP contribution in [0.5, 0.6) is 0 Å². The maximum atomic E-state index is 11.7. The monoisotopic (exact) mass is 310 g/mol. The third-order valence-corrected chi connectivity index (χ3v) is 4.31. The maximum Gasteiger partial charge on any atom is 0.358 e. The van der Waals surface area contributed by atoms with E-state index in [9.17, 15) is 13.2 Å². The Kier molecular flexibility index (Phi) is 3.94. The van der Waals surface area contributed by atoms with E-state index in [4.69, 9.17) is 5.73 Å². The van der Waals surface area contributed by atoms with Gasteiger partial charge in [-0.05, 0) is 19.1 Å². The number of ether oxygens (including phenoxy) is 1. The first-order valence-electron chi connectivity index (χ1n) is 6.02. The van der Waals surface area contributed by atoms with Crippen LogP contribution in [0.4, 0.5) is 5.69 Å². The van der Waals surface area contributed by atoms with Crippen molar-refractivity contribution in [2.24, 2.45) is 0 Å². The zero-order valence-electron chi connectivity index (χ0n) is 11.5. The minimum absolute atomic E-state index is 0.00172. The van der Waals surface area contributed by atoms with E-state index in [1.807, 2.05) is 0 Å². The summed E-state index contributed by atoms with van der Waals surface area (Å²) in [6, 6.07) is 3.02. The number of hydrogen-bond acceptors (Lipinski definition) is 7. The zero-order valence-corrected chi connectivity index (χ0v) is 12.3. The van der Waals surface area contributed by atoms with Gasteiger partial charge in [-0.1, -0.05) is 0 Å². The molecule has 9 heteroatoms. The number of nitrogens with two attached hydrogens (primary N) is 1. The van der Waals surface area contributed by atoms with Crippen LogP contribution in [0.15, 0.2) is 24.5 Å². The molecule has 0 amide bonds. The van der Waals surface area contributed by atoms with Crippen LogP contribution in [0.1, 0.15) is 17.4 Å². The first-order chi connectivity index (χ1) is 9.89. The van der Waals surface area contributed by atoms with Gasteiger partial charge in [0.2, 0.25) is 0 Å². The Morgan fingerprint density at radius 2 is 2.19 bits per heavy atom. The van der Waals surface area contributed by atoms with Gasteiger partial charge in [0.1, 0.15) is 0 Å². The molecular formula is C12H14N4O4S. The Hall–Kier alpha value is -2.42. The van der Waals surface area contributed by atoms with Crippen LogP contribution in [-0.2, 0) is 14.8 Å². The predicted octanol–water partition coefficient (Wildman–Crippen LogP) is 0.512. The van der Waals surface area contributed by atoms with E-state index < -0.39 is 16.0 Å². The molecule has 0 atom stereocenters. The normalized spacial score (nSPS) is 11.3. The van der Waals surface area contributed by atoms with Crippen molar-refractivity contribution in [1.29, 1.82) is 0 Å². The summed E-state index contributed by atoms with van der Waals surface area (Å²) in [5.74, 6) is -0.700. The summed E-state index contributed by atoms with van der Waals surface area (Å²) in [7, 11) is -2.21. The van der Waals surface area contributed by atoms with Crippen LogP contribution in [0.25, 0.3) is 11.3 Å². The molecule has 2 heterocycles. The van der Waals surface area contributed by atoms with Crippen molar-refractivity contribution in [2.75, 3.05) is 18.6 Å². The molecule has 2 N–H and O–H groups in total. The lowest BCUT2D eigenvalue weighted by Crippen LogP contribution is -2.15. The van der Waals surface area contributed by atoms with E-state index in [-0.39, 0.29) is 17.1 Å². The Morgan fingerprint density at radius 1 is 1.48 bits per heavy atom. The number of methoxy groups -OCH3 is 1. The van der Waals surface area contributed by atoms with Crippen LogP contribution in [0, 0.1) is 0 Å². The topological polar surface area (TPSA) is 117 Å². The minimum Gasteiger partial charge on any atom is -0.464 e. The van der Waals surface area contributed by atoms with E-state index >= 15 is 0 Å². The molecule has 8 nitrogen and oxygen atoms in total. The first kappa shape index (κ1) is 15.0. The van der Waals surface area contributed by atoms with Gasteiger partial charge in [-0.15, -0.1) is 0 Å². The molecule has 2 aromatic heterocycles. The van der Waals surface area contributed by atoms with Crippen LogP contribution in [0.3, 0.4) is 0 Å². The number of anilines is 1. The van der Waals surface area contributed by atoms with Crippen molar-refractivity contribution in [1.82, 2.24) is 14.2 Å². The van der Waals surface area contributed by atoms with Gasteiger partial charge in [0.15, 0.2) is 5.69 Å². The second-order valence-corrected chi connectivity index (χ2v) is 6.24. The molecule has 0 saturated heterocycles. The molecule has 2 aromatic rings. The molecule has 0 aliphatic carbocycles. The van der Waals surface area contributed by atoms with E-state index in [0.29, 0.717) is 11.3 Å². The average molecular weight is 310 g/mol. The van der Waals surface area contributed by atoms with Gasteiger partial charge >= 0.3 is 5.97 Å². The van der Waals surface area contributed by atoms with Crippen molar-refractivity contribution in [3.63, 3.8) is 0 Å². The lowest BCUT2D eigenvalue weighted by atomic mass is 10.2. The van der Waals surface area contributed by atoms with E-state index in [2.05, 4.69) is 14.8 Å². The molecule has 21 heavy (non-hydrogen) atoms. The van der Waals surface area contributed by atoms with E-state index in [1.165, 1.54) is 38.6 Å². The van der Waals surface area contributed by atoms with Crippen LogP contribution < -0.4 is 5.73 Å². The highest BCUT2D eigenvalue weighted by atomic mass is 32.2. The highest BCUT2D eigenvalue weighted by Crippen LogP contribution is 2.21. The summed E-state index contributed by atoms with van der Waals surface area (Å²) in [6.45, 7) is 1.53. The largest absolute Gasteiger partial charge is 0.464 e. The average Bonchev–Trinajstić information content (AvgIpc) is 2.97. The Bertz CT molecular complexity index is 782. The second-order valence-electron chi connectivity index (χ2n) is 4.13. The highest BCUT2D eigenvalue weighted by Gasteiger charge is 2.16. The molecule has 0 spiro atoms. The number of aromatic nitrogens is 3. The summed E-state index contributed by atoms with van der Waals surface area (Å²) in [6.07, 6.45) is 2.73. The molecule has 0 saturated carbocycles. The zero-order chi connectivity index (χ0) is 15.6. The smallest absolute Gasteiger partial charge is 0.358 e. The molecule has 0 aromatic carbocycles. The molecule has 0 unspecified atom stereocenters. The van der Waals surface area contributed by atoms with Crippen LogP contribution >= 0.6 is 0 Å². The number of pyridine rings is 1. The van der Waals surface area contributed by atoms with E-state index in [0.717, 1.165) is 4.09 Å². The van der Waals surface area contributed by atoms with Gasteiger partial charge in [-0.3, -0.25) is 0 Å². The van der Waals surface area contributed by atoms with Gasteiger partial charge in [0, 0.05) is 18.0 Å². The third-order valence-electron chi connectivity index (χ3n) is 2.81. The van der Waals surface area contributed by atoms with Gasteiger partial charge in [-0.25, -0.2) is 18.2 Å². The fourth-order valence-electron chi connectivity index (χ4n) is 1.64. The summed E-state index contributed by atoms with van der Waals surface area (Å²) in [4.78, 5) is 15.3. The van der Waals surface area contributed by atoms with Gasteiger partial charge in [0.25, 0.3) is 10.0 Å². The first-order valence-corrected chi connectivity index (χ1v) is 7.63. The molecule has 2 rings (SSSR count). The summed E-state index contributed by atoms with van der Waals surface area (Å²) in [5.41, 5.74) is 6.77. The van der Waals surface area contributed by atoms with Crippen molar-refractivity contribution < 1.29 is 17.9 Å². The SMILES string of the molecule is CCS(=O)(=O)n1ccc(-c2cnc(C(=O)OC)c(N)c2)n1. The lowest BCUT2D eigenvalue weighted by molar-refractivity contribution is 0.0595.